The molecule has 1 aliphatic rings. The first-order valence-electron chi connectivity index (χ1n) is 9.04. The molecular formula is C20H23N5O. The van der Waals surface area contributed by atoms with Crippen molar-refractivity contribution in [3.63, 3.8) is 0 Å². The number of methoxy groups -OCH3 is 1. The summed E-state index contributed by atoms with van der Waals surface area (Å²) >= 11 is 0. The summed E-state index contributed by atoms with van der Waals surface area (Å²) in [7, 11) is 1.60. The second-order valence-electron chi connectivity index (χ2n) is 6.60. The third-order valence-corrected chi connectivity index (χ3v) is 4.88. The number of aromatic amines is 1. The van der Waals surface area contributed by atoms with Gasteiger partial charge in [-0.25, -0.2) is 4.98 Å². The van der Waals surface area contributed by atoms with Gasteiger partial charge in [0.1, 0.15) is 5.82 Å². The van der Waals surface area contributed by atoms with Crippen molar-refractivity contribution in [2.24, 2.45) is 0 Å². The quantitative estimate of drug-likeness (QED) is 0.762. The Bertz CT molecular complexity index is 831. The lowest BCUT2D eigenvalue weighted by molar-refractivity contribution is 0.132. The van der Waals surface area contributed by atoms with Gasteiger partial charge in [-0.1, -0.05) is 36.8 Å². The first kappa shape index (κ1) is 16.7. The van der Waals surface area contributed by atoms with Crippen molar-refractivity contribution in [1.82, 2.24) is 25.1 Å². The molecular weight excluding hydrogens is 326 g/mol. The molecule has 4 rings (SSSR count). The molecule has 134 valence electrons. The summed E-state index contributed by atoms with van der Waals surface area (Å²) in [6, 6.07) is 14.4. The SMILES string of the molecule is COc1ccc(CN2CCCC[C@H]2c2ncc(-c3ccccc3)[nH]2)nn1. The highest BCUT2D eigenvalue weighted by Gasteiger charge is 2.26. The number of imidazole rings is 1. The predicted molar refractivity (Wildman–Crippen MR) is 99.6 cm³/mol. The Hall–Kier alpha value is -2.73. The maximum Gasteiger partial charge on any atom is 0.233 e. The van der Waals surface area contributed by atoms with Crippen molar-refractivity contribution in [3.8, 4) is 17.1 Å². The maximum absolute atomic E-state index is 5.09. The van der Waals surface area contributed by atoms with Gasteiger partial charge in [-0.05, 0) is 31.0 Å². The highest BCUT2D eigenvalue weighted by Crippen LogP contribution is 2.31. The van der Waals surface area contributed by atoms with Crippen LogP contribution in [-0.2, 0) is 6.54 Å². The molecule has 26 heavy (non-hydrogen) atoms. The van der Waals surface area contributed by atoms with E-state index in [2.05, 4.69) is 37.2 Å². The Morgan fingerprint density at radius 3 is 2.77 bits per heavy atom. The highest BCUT2D eigenvalue weighted by atomic mass is 16.5. The molecule has 6 nitrogen and oxygen atoms in total. The fourth-order valence-electron chi connectivity index (χ4n) is 3.51. The molecule has 1 aliphatic heterocycles. The van der Waals surface area contributed by atoms with Crippen molar-refractivity contribution < 1.29 is 4.74 Å². The van der Waals surface area contributed by atoms with Crippen LogP contribution in [0.3, 0.4) is 0 Å². The molecule has 6 heteroatoms. The van der Waals surface area contributed by atoms with Gasteiger partial charge in [0.05, 0.1) is 30.7 Å². The number of hydrogen-bond acceptors (Lipinski definition) is 5. The summed E-state index contributed by atoms with van der Waals surface area (Å²) in [5, 5.41) is 8.36. The van der Waals surface area contributed by atoms with E-state index < -0.39 is 0 Å². The minimum Gasteiger partial charge on any atom is -0.480 e. The zero-order valence-electron chi connectivity index (χ0n) is 14.9. The van der Waals surface area contributed by atoms with Gasteiger partial charge in [-0.2, -0.15) is 5.10 Å². The number of likely N-dealkylation sites (tertiary alicyclic amines) is 1. The van der Waals surface area contributed by atoms with Gasteiger partial charge in [0.25, 0.3) is 0 Å². The average Bonchev–Trinajstić information content (AvgIpc) is 3.20. The van der Waals surface area contributed by atoms with Crippen LogP contribution in [0.2, 0.25) is 0 Å². The molecule has 0 saturated carbocycles. The molecule has 0 aliphatic carbocycles. The van der Waals surface area contributed by atoms with Crippen molar-refractivity contribution in [2.45, 2.75) is 31.8 Å². The van der Waals surface area contributed by atoms with Crippen molar-refractivity contribution >= 4 is 0 Å². The molecule has 1 aromatic carbocycles. The van der Waals surface area contributed by atoms with E-state index in [4.69, 9.17) is 4.74 Å². The van der Waals surface area contributed by atoms with Crippen LogP contribution >= 0.6 is 0 Å². The van der Waals surface area contributed by atoms with Gasteiger partial charge in [0.15, 0.2) is 0 Å². The van der Waals surface area contributed by atoms with Crippen LogP contribution in [0.5, 0.6) is 5.88 Å². The zero-order chi connectivity index (χ0) is 17.8. The summed E-state index contributed by atoms with van der Waals surface area (Å²) in [5.74, 6) is 1.58. The molecule has 1 atom stereocenters. The highest BCUT2D eigenvalue weighted by molar-refractivity contribution is 5.58. The summed E-state index contributed by atoms with van der Waals surface area (Å²) in [4.78, 5) is 10.6. The maximum atomic E-state index is 5.09. The molecule has 0 unspecified atom stereocenters. The van der Waals surface area contributed by atoms with E-state index in [0.29, 0.717) is 5.88 Å². The monoisotopic (exact) mass is 349 g/mol. The minimum absolute atomic E-state index is 0.283. The van der Waals surface area contributed by atoms with Crippen LogP contribution in [0.15, 0.2) is 48.7 Å². The Morgan fingerprint density at radius 2 is 2.00 bits per heavy atom. The molecule has 2 aromatic heterocycles. The molecule has 3 heterocycles. The van der Waals surface area contributed by atoms with Crippen LogP contribution in [0.4, 0.5) is 0 Å². The molecule has 0 amide bonds. The number of ether oxygens (including phenoxy) is 1. The Morgan fingerprint density at radius 1 is 1.12 bits per heavy atom. The number of nitrogens with zero attached hydrogens (tertiary/aromatic N) is 4. The number of hydrogen-bond donors (Lipinski definition) is 1. The molecule has 0 spiro atoms. The van der Waals surface area contributed by atoms with E-state index in [1.807, 2.05) is 36.5 Å². The summed E-state index contributed by atoms with van der Waals surface area (Å²) in [6.45, 7) is 1.81. The van der Waals surface area contributed by atoms with Crippen LogP contribution in [0.1, 0.15) is 36.8 Å². The average molecular weight is 349 g/mol. The fraction of sp³-hybridized carbons (Fsp3) is 0.350. The number of benzene rings is 1. The van der Waals surface area contributed by atoms with Gasteiger partial charge >= 0.3 is 0 Å². The van der Waals surface area contributed by atoms with Gasteiger partial charge < -0.3 is 9.72 Å². The predicted octanol–water partition coefficient (Wildman–Crippen LogP) is 3.60. The first-order valence-corrected chi connectivity index (χ1v) is 9.04. The number of H-pyrrole nitrogens is 1. The van der Waals surface area contributed by atoms with Crippen LogP contribution in [0, 0.1) is 0 Å². The number of rotatable bonds is 5. The van der Waals surface area contributed by atoms with Gasteiger partial charge in [0.2, 0.25) is 5.88 Å². The number of aromatic nitrogens is 4. The molecule has 1 fully saturated rings. The number of nitrogens with one attached hydrogen (secondary N) is 1. The molecule has 1 N–H and O–H groups in total. The lowest BCUT2D eigenvalue weighted by atomic mass is 10.0. The van der Waals surface area contributed by atoms with E-state index in [9.17, 15) is 0 Å². The normalized spacial score (nSPS) is 18.0. The first-order chi connectivity index (χ1) is 12.8. The molecule has 0 bridgehead atoms. The van der Waals surface area contributed by atoms with Gasteiger partial charge in [-0.3, -0.25) is 4.90 Å². The fourth-order valence-corrected chi connectivity index (χ4v) is 3.51. The van der Waals surface area contributed by atoms with E-state index in [0.717, 1.165) is 42.3 Å². The van der Waals surface area contributed by atoms with E-state index >= 15 is 0 Å². The second-order valence-corrected chi connectivity index (χ2v) is 6.60. The molecule has 0 radical (unpaired) electrons. The van der Waals surface area contributed by atoms with Gasteiger partial charge in [0, 0.05) is 12.6 Å². The smallest absolute Gasteiger partial charge is 0.233 e. The molecule has 1 saturated heterocycles. The Balaban J connectivity index is 1.53. The summed E-state index contributed by atoms with van der Waals surface area (Å²) in [5.41, 5.74) is 3.18. The lowest BCUT2D eigenvalue weighted by Crippen LogP contribution is -2.33. The van der Waals surface area contributed by atoms with Gasteiger partial charge in [-0.15, -0.1) is 5.10 Å². The zero-order valence-corrected chi connectivity index (χ0v) is 14.9. The van der Waals surface area contributed by atoms with E-state index in [1.54, 1.807) is 7.11 Å². The van der Waals surface area contributed by atoms with Crippen LogP contribution < -0.4 is 4.74 Å². The summed E-state index contributed by atoms with van der Waals surface area (Å²) < 4.78 is 5.09. The minimum atomic E-state index is 0.283. The molecule has 3 aromatic rings. The third kappa shape index (κ3) is 3.60. The summed E-state index contributed by atoms with van der Waals surface area (Å²) in [6.07, 6.45) is 5.46. The van der Waals surface area contributed by atoms with Crippen molar-refractivity contribution in [1.29, 1.82) is 0 Å². The Kier molecular flexibility index (Phi) is 4.93. The topological polar surface area (TPSA) is 66.9 Å². The van der Waals surface area contributed by atoms with Crippen LogP contribution in [-0.4, -0.2) is 38.7 Å². The van der Waals surface area contributed by atoms with E-state index in [1.165, 1.54) is 12.8 Å². The van der Waals surface area contributed by atoms with Crippen molar-refractivity contribution in [3.05, 3.63) is 60.2 Å². The Labute approximate surface area is 153 Å². The lowest BCUT2D eigenvalue weighted by Gasteiger charge is -2.34. The van der Waals surface area contributed by atoms with Crippen LogP contribution in [0.25, 0.3) is 11.3 Å². The van der Waals surface area contributed by atoms with Crippen molar-refractivity contribution in [2.75, 3.05) is 13.7 Å². The third-order valence-electron chi connectivity index (χ3n) is 4.88. The largest absolute Gasteiger partial charge is 0.480 e. The van der Waals surface area contributed by atoms with E-state index in [-0.39, 0.29) is 6.04 Å². The second kappa shape index (κ2) is 7.66. The number of piperidine rings is 1. The standard InChI is InChI=1S/C20H23N5O/c1-26-19-11-10-16(23-24-19)14-25-12-6-5-9-18(25)20-21-13-17(22-20)15-7-3-2-4-8-15/h2-4,7-8,10-11,13,18H,5-6,9,12,14H2,1H3,(H,21,22)/t18-/m0/s1.